The minimum atomic E-state index is 0.153. The van der Waals surface area contributed by atoms with Crippen molar-refractivity contribution in [3.05, 3.63) is 40.6 Å². The van der Waals surface area contributed by atoms with Crippen LogP contribution in [0.4, 0.5) is 5.69 Å². The van der Waals surface area contributed by atoms with Crippen molar-refractivity contribution >= 4 is 23.1 Å². The molecule has 1 aromatic rings. The highest BCUT2D eigenvalue weighted by Crippen LogP contribution is 2.27. The van der Waals surface area contributed by atoms with Crippen molar-refractivity contribution in [3.8, 4) is 0 Å². The monoisotopic (exact) mass is 263 g/mol. The first-order chi connectivity index (χ1) is 8.59. The summed E-state index contributed by atoms with van der Waals surface area (Å²) in [5.74, 6) is 0.414. The third kappa shape index (κ3) is 2.75. The van der Waals surface area contributed by atoms with Gasteiger partial charge in [-0.3, -0.25) is 4.79 Å². The lowest BCUT2D eigenvalue weighted by Gasteiger charge is -2.19. The topological polar surface area (TPSA) is 29.1 Å². The molecule has 1 aliphatic carbocycles. The Labute approximate surface area is 113 Å². The van der Waals surface area contributed by atoms with Crippen LogP contribution in [0.25, 0.3) is 0 Å². The Morgan fingerprint density at radius 2 is 2.22 bits per heavy atom. The number of halogens is 1. The fraction of sp³-hybridized carbons (Fsp3) is 0.400. The molecule has 1 aliphatic rings. The highest BCUT2D eigenvalue weighted by Gasteiger charge is 2.22. The smallest absolute Gasteiger partial charge is 0.163 e. The number of allylic oxidation sites excluding steroid dienone is 1. The van der Waals surface area contributed by atoms with Crippen molar-refractivity contribution in [2.24, 2.45) is 5.92 Å². The van der Waals surface area contributed by atoms with Crippen LogP contribution >= 0.6 is 11.6 Å². The molecule has 0 bridgehead atoms. The summed E-state index contributed by atoms with van der Waals surface area (Å²) in [6.45, 7) is 3.96. The quantitative estimate of drug-likeness (QED) is 0.805. The van der Waals surface area contributed by atoms with Gasteiger partial charge in [-0.15, -0.1) is 0 Å². The SMILES string of the molecule is Cc1cccc(N/C=C2/CCC[C@H](C)C2=O)c1Cl. The molecule has 0 unspecified atom stereocenters. The molecule has 0 radical (unpaired) electrons. The molecule has 0 amide bonds. The number of aryl methyl sites for hydroxylation is 1. The lowest BCUT2D eigenvalue weighted by Crippen LogP contribution is -2.19. The van der Waals surface area contributed by atoms with Crippen LogP contribution in [-0.4, -0.2) is 5.78 Å². The summed E-state index contributed by atoms with van der Waals surface area (Å²) < 4.78 is 0. The van der Waals surface area contributed by atoms with Crippen LogP contribution in [0.5, 0.6) is 0 Å². The van der Waals surface area contributed by atoms with Gasteiger partial charge in [-0.1, -0.05) is 30.7 Å². The average molecular weight is 264 g/mol. The fourth-order valence-electron chi connectivity index (χ4n) is 2.24. The lowest BCUT2D eigenvalue weighted by atomic mass is 9.86. The second-order valence-electron chi connectivity index (χ2n) is 4.91. The van der Waals surface area contributed by atoms with E-state index in [2.05, 4.69) is 5.32 Å². The number of hydrogen-bond acceptors (Lipinski definition) is 2. The van der Waals surface area contributed by atoms with E-state index in [1.807, 2.05) is 38.2 Å². The van der Waals surface area contributed by atoms with Crippen LogP contribution in [0.3, 0.4) is 0 Å². The van der Waals surface area contributed by atoms with Crippen LogP contribution in [0, 0.1) is 12.8 Å². The van der Waals surface area contributed by atoms with E-state index in [1.54, 1.807) is 0 Å². The summed E-state index contributed by atoms with van der Waals surface area (Å²) in [6.07, 6.45) is 4.77. The van der Waals surface area contributed by atoms with Gasteiger partial charge in [0, 0.05) is 17.7 Å². The molecule has 1 saturated carbocycles. The van der Waals surface area contributed by atoms with Crippen LogP contribution < -0.4 is 5.32 Å². The number of carbonyl (C=O) groups excluding carboxylic acids is 1. The zero-order valence-corrected chi connectivity index (χ0v) is 11.6. The van der Waals surface area contributed by atoms with Gasteiger partial charge < -0.3 is 5.32 Å². The number of carbonyl (C=O) groups is 1. The fourth-order valence-corrected chi connectivity index (χ4v) is 2.42. The van der Waals surface area contributed by atoms with E-state index >= 15 is 0 Å². The molecule has 96 valence electrons. The summed E-state index contributed by atoms with van der Waals surface area (Å²) in [6, 6.07) is 5.84. The first-order valence-corrected chi connectivity index (χ1v) is 6.72. The van der Waals surface area contributed by atoms with Crippen molar-refractivity contribution in [2.75, 3.05) is 5.32 Å². The molecule has 1 fully saturated rings. The van der Waals surface area contributed by atoms with Crippen LogP contribution in [0.1, 0.15) is 31.7 Å². The molecule has 2 nitrogen and oxygen atoms in total. The van der Waals surface area contributed by atoms with Crippen LogP contribution in [0.2, 0.25) is 5.02 Å². The number of hydrogen-bond donors (Lipinski definition) is 1. The van der Waals surface area contributed by atoms with Crippen LogP contribution in [-0.2, 0) is 4.79 Å². The zero-order chi connectivity index (χ0) is 13.1. The Morgan fingerprint density at radius 3 is 3.00 bits per heavy atom. The standard InChI is InChI=1S/C15H18ClNO/c1-10-5-4-8-13(14(10)16)17-9-12-7-3-6-11(2)15(12)18/h4-5,8-9,11,17H,3,6-7H2,1-2H3/b12-9-/t11-/m0/s1. The van der Waals surface area contributed by atoms with Gasteiger partial charge in [-0.05, 0) is 37.8 Å². The second-order valence-corrected chi connectivity index (χ2v) is 5.29. The normalized spacial score (nSPS) is 22.3. The van der Waals surface area contributed by atoms with E-state index in [0.717, 1.165) is 36.1 Å². The Kier molecular flexibility index (Phi) is 4.07. The number of benzene rings is 1. The van der Waals surface area contributed by atoms with Crippen molar-refractivity contribution in [1.29, 1.82) is 0 Å². The highest BCUT2D eigenvalue weighted by atomic mass is 35.5. The second kappa shape index (κ2) is 5.57. The zero-order valence-electron chi connectivity index (χ0n) is 10.8. The molecule has 0 saturated heterocycles. The summed E-state index contributed by atoms with van der Waals surface area (Å²) in [5.41, 5.74) is 2.77. The Hall–Kier alpha value is -1.28. The minimum absolute atomic E-state index is 0.153. The van der Waals surface area contributed by atoms with E-state index in [0.29, 0.717) is 5.02 Å². The largest absolute Gasteiger partial charge is 0.360 e. The first-order valence-electron chi connectivity index (χ1n) is 6.34. The minimum Gasteiger partial charge on any atom is -0.360 e. The lowest BCUT2D eigenvalue weighted by molar-refractivity contribution is -0.119. The van der Waals surface area contributed by atoms with Gasteiger partial charge in [0.25, 0.3) is 0 Å². The van der Waals surface area contributed by atoms with E-state index in [4.69, 9.17) is 11.6 Å². The molecule has 0 spiro atoms. The number of rotatable bonds is 2. The summed E-state index contributed by atoms with van der Waals surface area (Å²) in [7, 11) is 0. The average Bonchev–Trinajstić information content (AvgIpc) is 2.36. The third-order valence-electron chi connectivity index (χ3n) is 3.44. The maximum absolute atomic E-state index is 12.0. The van der Waals surface area contributed by atoms with E-state index in [9.17, 15) is 4.79 Å². The van der Waals surface area contributed by atoms with Gasteiger partial charge in [-0.25, -0.2) is 0 Å². The first kappa shape index (κ1) is 13.2. The molecule has 1 aromatic carbocycles. The molecule has 0 aromatic heterocycles. The summed E-state index contributed by atoms with van der Waals surface area (Å²) >= 11 is 6.20. The van der Waals surface area contributed by atoms with Crippen molar-refractivity contribution in [1.82, 2.24) is 0 Å². The Morgan fingerprint density at radius 1 is 1.44 bits per heavy atom. The maximum Gasteiger partial charge on any atom is 0.163 e. The number of nitrogens with one attached hydrogen (secondary N) is 1. The third-order valence-corrected chi connectivity index (χ3v) is 3.94. The van der Waals surface area contributed by atoms with E-state index in [1.165, 1.54) is 0 Å². The Balaban J connectivity index is 2.15. The summed E-state index contributed by atoms with van der Waals surface area (Å²) in [4.78, 5) is 12.0. The van der Waals surface area contributed by atoms with E-state index < -0.39 is 0 Å². The van der Waals surface area contributed by atoms with Gasteiger partial charge in [0.2, 0.25) is 0 Å². The van der Waals surface area contributed by atoms with Crippen molar-refractivity contribution in [3.63, 3.8) is 0 Å². The number of anilines is 1. The maximum atomic E-state index is 12.0. The van der Waals surface area contributed by atoms with E-state index in [-0.39, 0.29) is 11.7 Å². The predicted molar refractivity (Wildman–Crippen MR) is 75.9 cm³/mol. The van der Waals surface area contributed by atoms with Gasteiger partial charge in [0.15, 0.2) is 5.78 Å². The molecule has 2 rings (SSSR count). The highest BCUT2D eigenvalue weighted by molar-refractivity contribution is 6.34. The summed E-state index contributed by atoms with van der Waals surface area (Å²) in [5, 5.41) is 3.87. The Bertz CT molecular complexity index is 493. The number of ketones is 1. The van der Waals surface area contributed by atoms with Gasteiger partial charge in [-0.2, -0.15) is 0 Å². The van der Waals surface area contributed by atoms with Gasteiger partial charge >= 0.3 is 0 Å². The molecule has 0 aliphatic heterocycles. The van der Waals surface area contributed by atoms with Gasteiger partial charge in [0.1, 0.15) is 0 Å². The molecule has 1 atom stereocenters. The molecule has 3 heteroatoms. The van der Waals surface area contributed by atoms with Gasteiger partial charge in [0.05, 0.1) is 10.7 Å². The van der Waals surface area contributed by atoms with Crippen molar-refractivity contribution in [2.45, 2.75) is 33.1 Å². The molecule has 18 heavy (non-hydrogen) atoms. The van der Waals surface area contributed by atoms with Crippen molar-refractivity contribution < 1.29 is 4.79 Å². The van der Waals surface area contributed by atoms with Crippen LogP contribution in [0.15, 0.2) is 30.0 Å². The molecule has 1 N–H and O–H groups in total. The molecular formula is C15H18ClNO. The number of Topliss-reactive ketones (excluding diaryl/α,β-unsaturated/α-hetero) is 1. The molecule has 0 heterocycles. The molecular weight excluding hydrogens is 246 g/mol. The predicted octanol–water partition coefficient (Wildman–Crippen LogP) is 4.33.